The molecule has 2 N–H and O–H groups in total. The summed E-state index contributed by atoms with van der Waals surface area (Å²) in [5, 5.41) is 7.62. The van der Waals surface area contributed by atoms with Crippen LogP contribution in [0.4, 0.5) is 0 Å². The van der Waals surface area contributed by atoms with Crippen LogP contribution in [0.3, 0.4) is 0 Å². The van der Waals surface area contributed by atoms with Crippen LogP contribution in [-0.4, -0.2) is 13.3 Å². The van der Waals surface area contributed by atoms with Crippen molar-refractivity contribution in [3.8, 4) is 6.07 Å². The third-order valence-corrected chi connectivity index (χ3v) is 0.158. The summed E-state index contributed by atoms with van der Waals surface area (Å²) in [6.45, 7) is 1.82. The van der Waals surface area contributed by atoms with Crippen molar-refractivity contribution in [3.05, 3.63) is 0 Å². The summed E-state index contributed by atoms with van der Waals surface area (Å²) >= 11 is -2.61. The highest BCUT2D eigenvalue weighted by Crippen LogP contribution is 1.58. The van der Waals surface area contributed by atoms with E-state index in [9.17, 15) is 0 Å². The van der Waals surface area contributed by atoms with Crippen molar-refractivity contribution in [2.24, 2.45) is 0 Å². The Hall–Kier alpha value is -0.440. The average molecular weight is 137 g/mol. The van der Waals surface area contributed by atoms with E-state index in [1.165, 1.54) is 0 Å². The highest BCUT2D eigenvalue weighted by molar-refractivity contribution is 7.73. The second-order valence-electron chi connectivity index (χ2n) is 0.742. The number of hydrogen-bond donors (Lipinski definition) is 2. The zero-order chi connectivity index (χ0) is 6.99. The van der Waals surface area contributed by atoms with E-state index in [1.807, 2.05) is 13.0 Å². The number of rotatable bonds is 0. The van der Waals surface area contributed by atoms with Crippen molar-refractivity contribution < 1.29 is 13.3 Å². The van der Waals surface area contributed by atoms with Crippen LogP contribution in [0.5, 0.6) is 0 Å². The van der Waals surface area contributed by atoms with Crippen molar-refractivity contribution >= 4 is 11.4 Å². The summed E-state index contributed by atoms with van der Waals surface area (Å²) in [5.74, 6) is 0. The fraction of sp³-hybridized carbons (Fsp3) is 0.667. The lowest BCUT2D eigenvalue weighted by Crippen LogP contribution is -1.74. The van der Waals surface area contributed by atoms with E-state index >= 15 is 0 Å². The molecule has 0 aliphatic carbocycles. The molecule has 0 bridgehead atoms. The van der Waals surface area contributed by atoms with Gasteiger partial charge in [0.1, 0.15) is 0 Å². The van der Waals surface area contributed by atoms with Crippen LogP contribution in [0.2, 0.25) is 0 Å². The van der Waals surface area contributed by atoms with Gasteiger partial charge in [0.15, 0.2) is 0 Å². The van der Waals surface area contributed by atoms with E-state index in [4.69, 9.17) is 18.6 Å². The van der Waals surface area contributed by atoms with Gasteiger partial charge in [-0.15, -0.1) is 0 Å². The van der Waals surface area contributed by atoms with Gasteiger partial charge in [0.25, 0.3) is 11.4 Å². The summed E-state index contributed by atoms with van der Waals surface area (Å²) in [6, 6.07) is 1.93. The van der Waals surface area contributed by atoms with Gasteiger partial charge in [-0.1, -0.05) is 6.92 Å². The molecule has 0 aromatic carbocycles. The normalized spacial score (nSPS) is 6.88. The van der Waals surface area contributed by atoms with Crippen molar-refractivity contribution in [2.75, 3.05) is 0 Å². The highest BCUT2D eigenvalue weighted by Gasteiger charge is 1.62. The van der Waals surface area contributed by atoms with Crippen LogP contribution in [0.1, 0.15) is 13.3 Å². The van der Waals surface area contributed by atoms with E-state index in [0.717, 1.165) is 0 Å². The summed E-state index contributed by atoms with van der Waals surface area (Å²) in [7, 11) is 0. The molecule has 0 saturated carbocycles. The molecule has 0 fully saturated rings. The molecule has 5 heteroatoms. The Morgan fingerprint density at radius 1 is 1.75 bits per heavy atom. The Balaban J connectivity index is 0. The third kappa shape index (κ3) is 369. The second-order valence-corrected chi connectivity index (χ2v) is 1.20. The largest absolute Gasteiger partial charge is 0.299 e. The molecule has 0 saturated heterocycles. The van der Waals surface area contributed by atoms with E-state index in [1.54, 1.807) is 0 Å². The Morgan fingerprint density at radius 3 is 1.88 bits per heavy atom. The maximum Gasteiger partial charge on any atom is 0.299 e. The molecule has 4 nitrogen and oxygen atoms in total. The lowest BCUT2D eigenvalue weighted by Gasteiger charge is -1.59. The molecule has 0 amide bonds. The Bertz CT molecular complexity index is 93.2. The van der Waals surface area contributed by atoms with Crippen molar-refractivity contribution in [2.45, 2.75) is 13.3 Å². The first-order chi connectivity index (χ1) is 3.65. The van der Waals surface area contributed by atoms with Crippen LogP contribution >= 0.6 is 0 Å². The molecule has 0 rings (SSSR count). The van der Waals surface area contributed by atoms with E-state index in [0.29, 0.717) is 6.42 Å². The average Bonchev–Trinajstić information content (AvgIpc) is 1.65. The minimum Gasteiger partial charge on any atom is -0.284 e. The lowest BCUT2D eigenvalue weighted by atomic mass is 10.6. The topological polar surface area (TPSA) is 81.3 Å². The van der Waals surface area contributed by atoms with Crippen LogP contribution in [0, 0.1) is 11.3 Å². The molecule has 0 spiro atoms. The molecule has 0 aromatic rings. The maximum absolute atomic E-state index is 8.67. The van der Waals surface area contributed by atoms with Gasteiger partial charge in [0.2, 0.25) is 0 Å². The molecule has 0 aliphatic rings. The molecule has 0 aromatic heterocycles. The lowest BCUT2D eigenvalue weighted by molar-refractivity contribution is 0.454. The van der Waals surface area contributed by atoms with Crippen LogP contribution in [-0.2, 0) is 11.4 Å². The molecule has 48 valence electrons. The smallest absolute Gasteiger partial charge is 0.284 e. The first-order valence-corrected chi connectivity index (χ1v) is 2.88. The van der Waals surface area contributed by atoms with Crippen molar-refractivity contribution in [1.29, 1.82) is 5.26 Å². The summed E-state index contributed by atoms with van der Waals surface area (Å²) in [6.07, 6.45) is 0.625. The quantitative estimate of drug-likeness (QED) is 0.479. The second kappa shape index (κ2) is 9.75. The molecular weight excluding hydrogens is 130 g/mol. The zero-order valence-electron chi connectivity index (χ0n) is 4.37. The van der Waals surface area contributed by atoms with Crippen molar-refractivity contribution in [3.63, 3.8) is 0 Å². The number of hydrogen-bond acceptors (Lipinski definition) is 2. The minimum absolute atomic E-state index is 0.625. The molecule has 0 heterocycles. The summed E-state index contributed by atoms with van der Waals surface area (Å²) < 4.78 is 22.8. The van der Waals surface area contributed by atoms with Gasteiger partial charge in [-0.2, -0.15) is 9.47 Å². The van der Waals surface area contributed by atoms with Gasteiger partial charge in [0, 0.05) is 6.42 Å². The molecular formula is C3H7NO3S. The van der Waals surface area contributed by atoms with Gasteiger partial charge in [-0.05, 0) is 0 Å². The summed E-state index contributed by atoms with van der Waals surface area (Å²) in [5.41, 5.74) is 0. The van der Waals surface area contributed by atoms with Gasteiger partial charge in [-0.3, -0.25) is 9.11 Å². The van der Waals surface area contributed by atoms with Crippen LogP contribution in [0.25, 0.3) is 0 Å². The van der Waals surface area contributed by atoms with Gasteiger partial charge in [0.05, 0.1) is 6.07 Å². The Kier molecular flexibility index (Phi) is 12.8. The molecule has 0 aliphatic heterocycles. The molecule has 8 heavy (non-hydrogen) atoms. The Morgan fingerprint density at radius 2 is 1.88 bits per heavy atom. The third-order valence-electron chi connectivity index (χ3n) is 0.158. The van der Waals surface area contributed by atoms with Gasteiger partial charge >= 0.3 is 0 Å². The first-order valence-electron chi connectivity index (χ1n) is 1.82. The van der Waals surface area contributed by atoms with E-state index in [-0.39, 0.29) is 0 Å². The van der Waals surface area contributed by atoms with Gasteiger partial charge in [-0.25, -0.2) is 0 Å². The first kappa shape index (κ1) is 10.5. The maximum atomic E-state index is 8.67. The molecule has 0 unspecified atom stereocenters. The fourth-order valence-corrected chi connectivity index (χ4v) is 0. The molecule has 0 radical (unpaired) electrons. The predicted molar refractivity (Wildman–Crippen MR) is 29.3 cm³/mol. The molecule has 0 atom stereocenters. The van der Waals surface area contributed by atoms with E-state index in [2.05, 4.69) is 0 Å². The fourth-order valence-electron chi connectivity index (χ4n) is 0. The standard InChI is InChI=1S/C3H5N.H2O3S/c1-2-3-4;1-4(2)3/h2H2,1H3;(H2,1,2,3). The monoisotopic (exact) mass is 137 g/mol. The summed E-state index contributed by atoms with van der Waals surface area (Å²) in [4.78, 5) is 0. The zero-order valence-corrected chi connectivity index (χ0v) is 5.18. The van der Waals surface area contributed by atoms with Crippen LogP contribution < -0.4 is 0 Å². The predicted octanol–water partition coefficient (Wildman–Crippen LogP) is 0.601. The van der Waals surface area contributed by atoms with Crippen LogP contribution in [0.15, 0.2) is 0 Å². The number of nitriles is 1. The van der Waals surface area contributed by atoms with E-state index < -0.39 is 11.4 Å². The Labute approximate surface area is 50.2 Å². The van der Waals surface area contributed by atoms with Crippen molar-refractivity contribution in [1.82, 2.24) is 0 Å². The highest BCUT2D eigenvalue weighted by atomic mass is 32.2. The van der Waals surface area contributed by atoms with Gasteiger partial charge < -0.3 is 0 Å². The number of nitrogens with zero attached hydrogens (tertiary/aromatic N) is 1. The minimum atomic E-state index is -2.61. The SMILES string of the molecule is CCC#N.O=S(O)O.